The van der Waals surface area contributed by atoms with Crippen LogP contribution < -0.4 is 10.2 Å². The largest absolute Gasteiger partial charge is 0.507 e. The molecule has 4 heterocycles. The second kappa shape index (κ2) is 6.10. The zero-order valence-corrected chi connectivity index (χ0v) is 14.3. The molecule has 3 aromatic rings. The Morgan fingerprint density at radius 2 is 2.08 bits per heavy atom. The van der Waals surface area contributed by atoms with Gasteiger partial charge in [-0.2, -0.15) is 5.10 Å². The molecule has 0 aliphatic carbocycles. The van der Waals surface area contributed by atoms with Crippen LogP contribution >= 0.6 is 0 Å². The molecule has 2 unspecified atom stereocenters. The molecule has 1 aromatic carbocycles. The van der Waals surface area contributed by atoms with Crippen LogP contribution in [0.25, 0.3) is 16.9 Å². The highest BCUT2D eigenvalue weighted by molar-refractivity contribution is 5.69. The van der Waals surface area contributed by atoms with Gasteiger partial charge in [-0.1, -0.05) is 0 Å². The summed E-state index contributed by atoms with van der Waals surface area (Å²) in [6, 6.07) is 11.8. The van der Waals surface area contributed by atoms with Crippen LogP contribution in [-0.2, 0) is 0 Å². The smallest absolute Gasteiger partial charge is 0.151 e. The minimum atomic E-state index is 0.167. The normalized spacial score (nSPS) is 21.9. The van der Waals surface area contributed by atoms with E-state index in [-0.39, 0.29) is 5.75 Å². The Labute approximate surface area is 151 Å². The van der Waals surface area contributed by atoms with E-state index in [1.54, 1.807) is 16.9 Å². The number of aromatic hydroxyl groups is 1. The van der Waals surface area contributed by atoms with Crippen molar-refractivity contribution in [2.75, 3.05) is 24.5 Å². The minimum absolute atomic E-state index is 0.167. The van der Waals surface area contributed by atoms with Crippen molar-refractivity contribution in [3.8, 4) is 22.7 Å². The van der Waals surface area contributed by atoms with E-state index in [1.165, 1.54) is 6.42 Å². The summed E-state index contributed by atoms with van der Waals surface area (Å²) in [6.45, 7) is 3.11. The Morgan fingerprint density at radius 3 is 2.81 bits per heavy atom. The molecule has 0 saturated carbocycles. The lowest BCUT2D eigenvalue weighted by molar-refractivity contribution is 0.471. The predicted molar refractivity (Wildman–Crippen MR) is 98.4 cm³/mol. The van der Waals surface area contributed by atoms with Crippen LogP contribution in [0, 0.1) is 5.92 Å². The maximum atomic E-state index is 10.4. The number of hydrogen-bond acceptors (Lipinski definition) is 6. The maximum Gasteiger partial charge on any atom is 0.151 e. The number of phenols is 1. The van der Waals surface area contributed by atoms with Crippen molar-refractivity contribution in [1.29, 1.82) is 0 Å². The van der Waals surface area contributed by atoms with E-state index < -0.39 is 0 Å². The number of piperidine rings is 1. The van der Waals surface area contributed by atoms with Gasteiger partial charge in [-0.25, -0.2) is 4.68 Å². The summed E-state index contributed by atoms with van der Waals surface area (Å²) >= 11 is 0. The number of phenolic OH excluding ortho intramolecular Hbond substituents is 1. The summed E-state index contributed by atoms with van der Waals surface area (Å²) in [4.78, 5) is 2.30. The number of rotatable bonds is 3. The number of fused-ring (bicyclic) bond motifs is 2. The first-order valence-corrected chi connectivity index (χ1v) is 8.92. The summed E-state index contributed by atoms with van der Waals surface area (Å²) < 4.78 is 1.71. The average molecular weight is 348 g/mol. The Bertz CT molecular complexity index is 896. The zero-order chi connectivity index (χ0) is 17.5. The van der Waals surface area contributed by atoms with Crippen LogP contribution in [0.1, 0.15) is 6.42 Å². The molecule has 7 heteroatoms. The van der Waals surface area contributed by atoms with Gasteiger partial charge in [0, 0.05) is 49.7 Å². The zero-order valence-electron chi connectivity index (χ0n) is 14.3. The molecule has 132 valence electrons. The summed E-state index contributed by atoms with van der Waals surface area (Å²) in [6.07, 6.45) is 4.81. The molecule has 2 aliphatic rings. The lowest BCUT2D eigenvalue weighted by Gasteiger charge is -2.31. The van der Waals surface area contributed by atoms with Gasteiger partial charge in [0.15, 0.2) is 5.82 Å². The molecule has 2 atom stereocenters. The standard InChI is InChI=1S/C19H20N6O/c26-18-9-15(25-7-1-6-21-25)2-3-16(18)17-4-5-19(23-22-17)24-11-13-8-14(12-24)20-10-13/h1-7,9,13-14,20,26H,8,10-12H2. The monoisotopic (exact) mass is 348 g/mol. The Hall–Kier alpha value is -2.93. The lowest BCUT2D eigenvalue weighted by atomic mass is 10.00. The second-order valence-corrected chi connectivity index (χ2v) is 7.04. The van der Waals surface area contributed by atoms with Crippen molar-refractivity contribution in [3.63, 3.8) is 0 Å². The third-order valence-electron chi connectivity index (χ3n) is 5.23. The van der Waals surface area contributed by atoms with Crippen molar-refractivity contribution < 1.29 is 5.11 Å². The molecular weight excluding hydrogens is 328 g/mol. The van der Waals surface area contributed by atoms with E-state index in [1.807, 2.05) is 36.5 Å². The number of anilines is 1. The molecule has 0 amide bonds. The molecule has 2 fully saturated rings. The van der Waals surface area contributed by atoms with Crippen LogP contribution in [-0.4, -0.2) is 50.8 Å². The van der Waals surface area contributed by atoms with Crippen LogP contribution in [0.5, 0.6) is 5.75 Å². The number of nitrogens with zero attached hydrogens (tertiary/aromatic N) is 5. The van der Waals surface area contributed by atoms with Crippen molar-refractivity contribution in [2.45, 2.75) is 12.5 Å². The first-order valence-electron chi connectivity index (χ1n) is 8.92. The Kier molecular flexibility index (Phi) is 3.60. The van der Waals surface area contributed by atoms with Crippen LogP contribution in [0.4, 0.5) is 5.82 Å². The van der Waals surface area contributed by atoms with Gasteiger partial charge in [0.1, 0.15) is 5.75 Å². The van der Waals surface area contributed by atoms with E-state index in [0.717, 1.165) is 31.1 Å². The molecule has 2 N–H and O–H groups in total. The molecule has 2 bridgehead atoms. The molecule has 2 saturated heterocycles. The number of aromatic nitrogens is 4. The summed E-state index contributed by atoms with van der Waals surface area (Å²) in [5.41, 5.74) is 2.13. The molecule has 5 rings (SSSR count). The summed E-state index contributed by atoms with van der Waals surface area (Å²) in [5, 5.41) is 26.9. The van der Waals surface area contributed by atoms with Gasteiger partial charge < -0.3 is 15.3 Å². The summed E-state index contributed by atoms with van der Waals surface area (Å²) in [7, 11) is 0. The molecular formula is C19H20N6O. The molecule has 0 spiro atoms. The van der Waals surface area contributed by atoms with Crippen molar-refractivity contribution >= 4 is 5.82 Å². The van der Waals surface area contributed by atoms with Crippen molar-refractivity contribution in [1.82, 2.24) is 25.3 Å². The average Bonchev–Trinajstić information content (AvgIpc) is 3.32. The molecule has 2 aliphatic heterocycles. The summed E-state index contributed by atoms with van der Waals surface area (Å²) in [5.74, 6) is 1.77. The van der Waals surface area contributed by atoms with Gasteiger partial charge in [-0.3, -0.25) is 0 Å². The third-order valence-corrected chi connectivity index (χ3v) is 5.23. The predicted octanol–water partition coefficient (Wildman–Crippen LogP) is 1.83. The van der Waals surface area contributed by atoms with E-state index >= 15 is 0 Å². The Balaban J connectivity index is 1.39. The highest BCUT2D eigenvalue weighted by atomic mass is 16.3. The van der Waals surface area contributed by atoms with Crippen molar-refractivity contribution in [3.05, 3.63) is 48.8 Å². The molecule has 2 aromatic heterocycles. The van der Waals surface area contributed by atoms with E-state index in [2.05, 4.69) is 25.5 Å². The van der Waals surface area contributed by atoms with Gasteiger partial charge in [0.05, 0.1) is 11.4 Å². The van der Waals surface area contributed by atoms with Gasteiger partial charge in [-0.05, 0) is 42.7 Å². The molecule has 26 heavy (non-hydrogen) atoms. The Morgan fingerprint density at radius 1 is 1.12 bits per heavy atom. The minimum Gasteiger partial charge on any atom is -0.507 e. The molecule has 7 nitrogen and oxygen atoms in total. The van der Waals surface area contributed by atoms with Crippen LogP contribution in [0.15, 0.2) is 48.8 Å². The number of nitrogens with one attached hydrogen (secondary N) is 1. The first-order chi connectivity index (χ1) is 12.8. The van der Waals surface area contributed by atoms with E-state index in [4.69, 9.17) is 0 Å². The van der Waals surface area contributed by atoms with Crippen LogP contribution in [0.2, 0.25) is 0 Å². The van der Waals surface area contributed by atoms with Gasteiger partial charge in [0.2, 0.25) is 0 Å². The number of hydrogen-bond donors (Lipinski definition) is 2. The molecule has 0 radical (unpaired) electrons. The number of benzene rings is 1. The van der Waals surface area contributed by atoms with Crippen molar-refractivity contribution in [2.24, 2.45) is 5.92 Å². The van der Waals surface area contributed by atoms with Crippen LogP contribution in [0.3, 0.4) is 0 Å². The fraction of sp³-hybridized carbons (Fsp3) is 0.316. The maximum absolute atomic E-state index is 10.4. The quantitative estimate of drug-likeness (QED) is 0.752. The van der Waals surface area contributed by atoms with Gasteiger partial charge in [-0.15, -0.1) is 10.2 Å². The second-order valence-electron chi connectivity index (χ2n) is 7.04. The highest BCUT2D eigenvalue weighted by Crippen LogP contribution is 2.31. The lowest BCUT2D eigenvalue weighted by Crippen LogP contribution is -2.41. The SMILES string of the molecule is Oc1cc(-n2cccn2)ccc1-c1ccc(N2CC3CNC(C3)C2)nn1. The van der Waals surface area contributed by atoms with E-state index in [0.29, 0.717) is 23.2 Å². The fourth-order valence-electron chi connectivity index (χ4n) is 3.96. The van der Waals surface area contributed by atoms with Gasteiger partial charge >= 0.3 is 0 Å². The van der Waals surface area contributed by atoms with Gasteiger partial charge in [0.25, 0.3) is 0 Å². The van der Waals surface area contributed by atoms with E-state index in [9.17, 15) is 5.11 Å². The fourth-order valence-corrected chi connectivity index (χ4v) is 3.96. The highest BCUT2D eigenvalue weighted by Gasteiger charge is 2.33. The first kappa shape index (κ1) is 15.3. The topological polar surface area (TPSA) is 79.1 Å². The third kappa shape index (κ3) is 2.70.